The molecule has 0 spiro atoms. The van der Waals surface area contributed by atoms with E-state index in [1.54, 1.807) is 36.4 Å². The zero-order valence-corrected chi connectivity index (χ0v) is 22.1. The number of non-ortho nitro benzene ring substituents is 1. The van der Waals surface area contributed by atoms with Crippen LogP contribution in [0.5, 0.6) is 17.2 Å². The van der Waals surface area contributed by atoms with Crippen LogP contribution in [0.2, 0.25) is 0 Å². The number of anilines is 1. The Labute approximate surface area is 234 Å². The highest BCUT2D eigenvalue weighted by Crippen LogP contribution is 2.50. The van der Waals surface area contributed by atoms with E-state index in [9.17, 15) is 15.2 Å². The fraction of sp³-hybridized carbons (Fsp3) is 0.222. The Morgan fingerprint density at radius 2 is 1.98 bits per heavy atom. The van der Waals surface area contributed by atoms with Crippen LogP contribution < -0.4 is 35.4 Å². The number of ether oxygens (including phenoxy) is 3. The summed E-state index contributed by atoms with van der Waals surface area (Å²) in [5, 5.41) is 37.3. The maximum absolute atomic E-state index is 12.6. The van der Waals surface area contributed by atoms with E-state index in [2.05, 4.69) is 31.3 Å². The van der Waals surface area contributed by atoms with Crippen LogP contribution in [-0.2, 0) is 6.42 Å². The predicted molar refractivity (Wildman–Crippen MR) is 148 cm³/mol. The molecule has 1 atom stereocenters. The van der Waals surface area contributed by atoms with Gasteiger partial charge < -0.3 is 19.3 Å². The summed E-state index contributed by atoms with van der Waals surface area (Å²) in [6.07, 6.45) is 2.17. The maximum atomic E-state index is 12.6. The summed E-state index contributed by atoms with van der Waals surface area (Å²) in [4.78, 5) is 12.5. The normalized spacial score (nSPS) is 18.3. The molecule has 0 bridgehead atoms. The summed E-state index contributed by atoms with van der Waals surface area (Å²) in [7, 11) is 3.64. The van der Waals surface area contributed by atoms with Crippen LogP contribution in [0.25, 0.3) is 0 Å². The zero-order valence-electron chi connectivity index (χ0n) is 22.1. The van der Waals surface area contributed by atoms with Crippen LogP contribution in [0.1, 0.15) is 28.3 Å². The highest BCUT2D eigenvalue weighted by molar-refractivity contribution is 6.03. The summed E-state index contributed by atoms with van der Waals surface area (Å²) in [5.41, 5.74) is 9.58. The van der Waals surface area contributed by atoms with Gasteiger partial charge in [0.1, 0.15) is 6.04 Å². The molecule has 0 aromatic heterocycles. The molecule has 3 aromatic carbocycles. The lowest BCUT2D eigenvalue weighted by molar-refractivity contribution is -0.384. The average Bonchev–Trinajstić information content (AvgIpc) is 3.66. The number of nitrogens with one attached hydrogen (secondary N) is 2. The van der Waals surface area contributed by atoms with Crippen molar-refractivity contribution < 1.29 is 24.2 Å². The first-order valence-electron chi connectivity index (χ1n) is 12.7. The molecule has 210 valence electrons. The first-order chi connectivity index (χ1) is 19.9. The molecule has 6 rings (SSSR count). The van der Waals surface area contributed by atoms with Gasteiger partial charge in [-0.25, -0.2) is 10.5 Å². The van der Waals surface area contributed by atoms with E-state index in [0.717, 1.165) is 29.8 Å². The number of benzene rings is 3. The average molecular weight is 558 g/mol. The van der Waals surface area contributed by atoms with E-state index in [0.29, 0.717) is 34.2 Å². The lowest BCUT2D eigenvalue weighted by Gasteiger charge is -2.37. The van der Waals surface area contributed by atoms with Crippen molar-refractivity contribution in [3.63, 3.8) is 0 Å². The van der Waals surface area contributed by atoms with Crippen LogP contribution in [0, 0.1) is 10.1 Å². The van der Waals surface area contributed by atoms with E-state index in [4.69, 9.17) is 14.2 Å². The van der Waals surface area contributed by atoms with E-state index < -0.39 is 10.8 Å². The van der Waals surface area contributed by atoms with Gasteiger partial charge in [0, 0.05) is 30.1 Å². The Kier molecular flexibility index (Phi) is 6.83. The van der Waals surface area contributed by atoms with Gasteiger partial charge in [-0.1, -0.05) is 12.1 Å². The van der Waals surface area contributed by atoms with E-state index in [-0.39, 0.29) is 18.5 Å². The molecule has 14 heteroatoms. The second-order valence-electron chi connectivity index (χ2n) is 9.42. The molecular formula is C27H25N8O6-. The molecule has 0 radical (unpaired) electrons. The number of fused-ring (bicyclic) bond motifs is 2. The Bertz CT molecular complexity index is 1570. The molecule has 3 aromatic rings. The molecule has 14 nitrogen and oxygen atoms in total. The first-order valence-corrected chi connectivity index (χ1v) is 12.7. The molecule has 0 aliphatic carbocycles. The van der Waals surface area contributed by atoms with Crippen molar-refractivity contribution in [3.05, 3.63) is 87.0 Å². The van der Waals surface area contributed by atoms with Crippen LogP contribution in [0.15, 0.2) is 69.9 Å². The SMILES string of the molecule is COc1c2c(cc3c1C(C1=NNNN1c1ccc(C([O-])=NN=Cc4ccc([N+](=O)[O-])cc4)cc1)N(C)CC3)OCO2. The van der Waals surface area contributed by atoms with Crippen molar-refractivity contribution in [2.45, 2.75) is 12.5 Å². The number of nitrogens with zero attached hydrogens (tertiary/aromatic N) is 6. The van der Waals surface area contributed by atoms with Crippen LogP contribution in [0.3, 0.4) is 0 Å². The van der Waals surface area contributed by atoms with Crippen molar-refractivity contribution >= 4 is 29.3 Å². The quantitative estimate of drug-likeness (QED) is 0.190. The molecule has 0 amide bonds. The second-order valence-corrected chi connectivity index (χ2v) is 9.42. The second kappa shape index (κ2) is 10.7. The molecule has 0 saturated carbocycles. The van der Waals surface area contributed by atoms with Gasteiger partial charge in [0.2, 0.25) is 12.5 Å². The van der Waals surface area contributed by atoms with E-state index in [1.807, 2.05) is 13.1 Å². The Morgan fingerprint density at radius 1 is 1.20 bits per heavy atom. The van der Waals surface area contributed by atoms with Crippen LogP contribution in [-0.4, -0.2) is 55.3 Å². The van der Waals surface area contributed by atoms with Crippen LogP contribution >= 0.6 is 0 Å². The zero-order chi connectivity index (χ0) is 28.5. The minimum atomic E-state index is -0.530. The third-order valence-corrected chi connectivity index (χ3v) is 7.03. The number of hydrogen-bond donors (Lipinski definition) is 2. The molecule has 3 heterocycles. The fourth-order valence-electron chi connectivity index (χ4n) is 5.02. The van der Waals surface area contributed by atoms with Gasteiger partial charge in [-0.15, -0.1) is 10.6 Å². The van der Waals surface area contributed by atoms with Gasteiger partial charge in [-0.2, -0.15) is 10.2 Å². The minimum Gasteiger partial charge on any atom is -0.857 e. The predicted octanol–water partition coefficient (Wildman–Crippen LogP) is 1.84. The molecular weight excluding hydrogens is 532 g/mol. The van der Waals surface area contributed by atoms with Crippen molar-refractivity contribution in [1.82, 2.24) is 16.0 Å². The molecule has 0 saturated heterocycles. The van der Waals surface area contributed by atoms with Crippen molar-refractivity contribution in [1.29, 1.82) is 0 Å². The van der Waals surface area contributed by atoms with Gasteiger partial charge in [-0.3, -0.25) is 15.0 Å². The van der Waals surface area contributed by atoms with Crippen molar-refractivity contribution in [2.75, 3.05) is 32.5 Å². The summed E-state index contributed by atoms with van der Waals surface area (Å²) in [6.45, 7) is 0.938. The lowest BCUT2D eigenvalue weighted by Crippen LogP contribution is -2.48. The highest BCUT2D eigenvalue weighted by atomic mass is 16.7. The molecule has 3 aliphatic rings. The number of methoxy groups -OCH3 is 1. The Balaban J connectivity index is 1.22. The number of likely N-dealkylation sites (N-methyl/N-ethyl adjacent to an activating group) is 1. The monoisotopic (exact) mass is 557 g/mol. The molecule has 41 heavy (non-hydrogen) atoms. The van der Waals surface area contributed by atoms with Gasteiger partial charge in [-0.05, 0) is 60.5 Å². The Morgan fingerprint density at radius 3 is 2.71 bits per heavy atom. The number of nitro benzene ring substituents is 1. The summed E-state index contributed by atoms with van der Waals surface area (Å²) in [5.74, 6) is 2.03. The largest absolute Gasteiger partial charge is 0.857 e. The number of hydrazone groups is 1. The van der Waals surface area contributed by atoms with E-state index in [1.165, 1.54) is 30.5 Å². The Hall–Kier alpha value is -5.21. The van der Waals surface area contributed by atoms with Gasteiger partial charge in [0.25, 0.3) is 5.69 Å². The highest BCUT2D eigenvalue weighted by Gasteiger charge is 2.40. The van der Waals surface area contributed by atoms with Gasteiger partial charge >= 0.3 is 0 Å². The molecule has 0 fully saturated rings. The van der Waals surface area contributed by atoms with Crippen LogP contribution in [0.4, 0.5) is 11.4 Å². The third kappa shape index (κ3) is 4.85. The maximum Gasteiger partial charge on any atom is 0.269 e. The first kappa shape index (κ1) is 26.0. The van der Waals surface area contributed by atoms with Gasteiger partial charge in [0.05, 0.1) is 23.9 Å². The smallest absolute Gasteiger partial charge is 0.269 e. The summed E-state index contributed by atoms with van der Waals surface area (Å²) < 4.78 is 17.2. The van der Waals surface area contributed by atoms with Crippen molar-refractivity contribution in [2.24, 2.45) is 15.3 Å². The molecule has 1 unspecified atom stereocenters. The number of nitro groups is 1. The van der Waals surface area contributed by atoms with Gasteiger partial charge in [0.15, 0.2) is 17.3 Å². The summed E-state index contributed by atoms with van der Waals surface area (Å²) >= 11 is 0. The lowest BCUT2D eigenvalue weighted by atomic mass is 9.90. The minimum absolute atomic E-state index is 0.0308. The fourth-order valence-corrected chi connectivity index (χ4v) is 5.02. The topological polar surface area (TPSA) is 162 Å². The summed E-state index contributed by atoms with van der Waals surface area (Å²) in [6, 6.07) is 14.4. The number of rotatable bonds is 7. The molecule has 3 aliphatic heterocycles. The number of hydrazine groups is 2. The van der Waals surface area contributed by atoms with E-state index >= 15 is 0 Å². The van der Waals surface area contributed by atoms with Crippen molar-refractivity contribution in [3.8, 4) is 17.2 Å². The standard InChI is InChI=1S/C27H26N8O6/c1-33-12-11-18-13-21-24(41-15-40-21)25(39-2)22(18)23(33)26-29-31-32-34(26)19-9-5-17(6-10-19)27(36)30-28-14-16-3-7-20(8-4-16)35(37)38/h3-10,13-14,23,31-32H,11-12,15H2,1-2H3,(H,30,36)/p-1. The number of hydrogen-bond acceptors (Lipinski definition) is 13. The third-order valence-electron chi connectivity index (χ3n) is 7.03. The number of amidine groups is 1. The molecule has 2 N–H and O–H groups in total.